The van der Waals surface area contributed by atoms with Gasteiger partial charge >= 0.3 is 0 Å². The van der Waals surface area contributed by atoms with Gasteiger partial charge in [-0.05, 0) is 30.2 Å². The topological polar surface area (TPSA) is 40.9 Å². The third-order valence-electron chi connectivity index (χ3n) is 3.42. The van der Waals surface area contributed by atoms with Crippen LogP contribution in [0.2, 0.25) is 5.02 Å². The molecule has 0 fully saturated rings. The van der Waals surface area contributed by atoms with Gasteiger partial charge < -0.3 is 0 Å². The van der Waals surface area contributed by atoms with E-state index in [2.05, 4.69) is 6.07 Å². The first-order chi connectivity index (χ1) is 9.58. The zero-order chi connectivity index (χ0) is 14.6. The Labute approximate surface area is 123 Å². The summed E-state index contributed by atoms with van der Waals surface area (Å²) in [5, 5.41) is 10.2. The van der Waals surface area contributed by atoms with E-state index in [4.69, 9.17) is 11.6 Å². The number of ketones is 1. The standard InChI is InChI=1S/C17H14ClNO/c1-13(20)17(12-19,15-7-3-2-4-8-15)11-14-6-5-9-16(18)10-14/h2-10H,11H2,1H3. The van der Waals surface area contributed by atoms with E-state index in [1.807, 2.05) is 42.5 Å². The maximum Gasteiger partial charge on any atom is 0.154 e. The fourth-order valence-electron chi connectivity index (χ4n) is 2.29. The highest BCUT2D eigenvalue weighted by Crippen LogP contribution is 2.30. The fraction of sp³-hybridized carbons (Fsp3) is 0.176. The second-order valence-corrected chi connectivity index (χ2v) is 5.18. The van der Waals surface area contributed by atoms with Gasteiger partial charge in [-0.1, -0.05) is 54.1 Å². The van der Waals surface area contributed by atoms with E-state index in [0.717, 1.165) is 11.1 Å². The van der Waals surface area contributed by atoms with E-state index in [9.17, 15) is 10.1 Å². The number of hydrogen-bond acceptors (Lipinski definition) is 2. The normalized spacial score (nSPS) is 13.2. The van der Waals surface area contributed by atoms with Crippen molar-refractivity contribution in [3.63, 3.8) is 0 Å². The molecule has 0 saturated heterocycles. The predicted molar refractivity (Wildman–Crippen MR) is 79.6 cm³/mol. The van der Waals surface area contributed by atoms with Crippen LogP contribution in [0, 0.1) is 11.3 Å². The summed E-state index contributed by atoms with van der Waals surface area (Å²) < 4.78 is 0. The quantitative estimate of drug-likeness (QED) is 0.853. The number of rotatable bonds is 4. The number of benzene rings is 2. The summed E-state index contributed by atoms with van der Waals surface area (Å²) in [5.74, 6) is -0.161. The van der Waals surface area contributed by atoms with E-state index < -0.39 is 5.41 Å². The van der Waals surface area contributed by atoms with Gasteiger partial charge in [0.25, 0.3) is 0 Å². The van der Waals surface area contributed by atoms with Gasteiger partial charge in [-0.15, -0.1) is 0 Å². The van der Waals surface area contributed by atoms with Crippen molar-refractivity contribution in [3.05, 3.63) is 70.7 Å². The van der Waals surface area contributed by atoms with Gasteiger partial charge in [0.05, 0.1) is 6.07 Å². The van der Waals surface area contributed by atoms with Gasteiger partial charge in [-0.3, -0.25) is 4.79 Å². The molecule has 0 aromatic heterocycles. The van der Waals surface area contributed by atoms with Crippen molar-refractivity contribution in [2.45, 2.75) is 18.8 Å². The molecule has 0 aliphatic heterocycles. The molecular formula is C17H14ClNO. The van der Waals surface area contributed by atoms with Crippen molar-refractivity contribution in [2.24, 2.45) is 0 Å². The Morgan fingerprint density at radius 1 is 1.20 bits per heavy atom. The number of halogens is 1. The van der Waals surface area contributed by atoms with Gasteiger partial charge in [0.15, 0.2) is 5.78 Å². The largest absolute Gasteiger partial charge is 0.298 e. The average molecular weight is 284 g/mol. The molecule has 100 valence electrons. The molecule has 1 unspecified atom stereocenters. The molecule has 1 atom stereocenters. The van der Waals surface area contributed by atoms with Crippen LogP contribution in [0.25, 0.3) is 0 Å². The van der Waals surface area contributed by atoms with E-state index >= 15 is 0 Å². The number of nitriles is 1. The monoisotopic (exact) mass is 283 g/mol. The second kappa shape index (κ2) is 5.90. The molecule has 0 radical (unpaired) electrons. The van der Waals surface area contributed by atoms with Gasteiger partial charge in [0.2, 0.25) is 0 Å². The number of carbonyl (C=O) groups is 1. The fourth-order valence-corrected chi connectivity index (χ4v) is 2.50. The molecule has 0 heterocycles. The van der Waals surface area contributed by atoms with Crippen LogP contribution in [0.1, 0.15) is 18.1 Å². The lowest BCUT2D eigenvalue weighted by atomic mass is 9.74. The molecule has 0 aliphatic rings. The van der Waals surface area contributed by atoms with Crippen molar-refractivity contribution in [2.75, 3.05) is 0 Å². The summed E-state index contributed by atoms with van der Waals surface area (Å²) in [6.07, 6.45) is 0.323. The van der Waals surface area contributed by atoms with Gasteiger partial charge in [0.1, 0.15) is 5.41 Å². The lowest BCUT2D eigenvalue weighted by molar-refractivity contribution is -0.120. The van der Waals surface area contributed by atoms with Crippen LogP contribution in [0.4, 0.5) is 0 Å². The maximum atomic E-state index is 12.1. The molecule has 3 heteroatoms. The average Bonchev–Trinajstić information content (AvgIpc) is 2.45. The summed E-state index contributed by atoms with van der Waals surface area (Å²) >= 11 is 5.97. The first-order valence-electron chi connectivity index (χ1n) is 6.31. The first kappa shape index (κ1) is 14.3. The molecule has 20 heavy (non-hydrogen) atoms. The Balaban J connectivity index is 2.49. The van der Waals surface area contributed by atoms with Crippen LogP contribution in [0.5, 0.6) is 0 Å². The highest BCUT2D eigenvalue weighted by atomic mass is 35.5. The van der Waals surface area contributed by atoms with Crippen molar-refractivity contribution in [1.82, 2.24) is 0 Å². The minimum absolute atomic E-state index is 0.161. The zero-order valence-corrected chi connectivity index (χ0v) is 11.9. The van der Waals surface area contributed by atoms with Crippen molar-refractivity contribution >= 4 is 17.4 Å². The first-order valence-corrected chi connectivity index (χ1v) is 6.68. The Kier molecular flexibility index (Phi) is 4.22. The molecule has 0 aliphatic carbocycles. The third kappa shape index (κ3) is 2.74. The molecule has 2 rings (SSSR count). The molecule has 2 nitrogen and oxygen atoms in total. The third-order valence-corrected chi connectivity index (χ3v) is 3.65. The summed E-state index contributed by atoms with van der Waals surface area (Å²) in [4.78, 5) is 12.1. The van der Waals surface area contributed by atoms with Crippen LogP contribution in [-0.2, 0) is 16.6 Å². The minimum atomic E-state index is -1.16. The van der Waals surface area contributed by atoms with E-state index in [1.165, 1.54) is 6.92 Å². The Bertz CT molecular complexity index is 660. The Morgan fingerprint density at radius 3 is 2.45 bits per heavy atom. The number of hydrogen-bond donors (Lipinski definition) is 0. The summed E-state index contributed by atoms with van der Waals surface area (Å²) in [6, 6.07) is 18.6. The van der Waals surface area contributed by atoms with Gasteiger partial charge in [0, 0.05) is 11.4 Å². The Morgan fingerprint density at radius 2 is 1.90 bits per heavy atom. The summed E-state index contributed by atoms with van der Waals surface area (Å²) in [6.45, 7) is 1.46. The van der Waals surface area contributed by atoms with Crippen LogP contribution >= 0.6 is 11.6 Å². The summed E-state index contributed by atoms with van der Waals surface area (Å²) in [5.41, 5.74) is 0.430. The van der Waals surface area contributed by atoms with E-state index in [-0.39, 0.29) is 5.78 Å². The van der Waals surface area contributed by atoms with Crippen molar-refractivity contribution < 1.29 is 4.79 Å². The molecular weight excluding hydrogens is 270 g/mol. The number of carbonyl (C=O) groups excluding carboxylic acids is 1. The van der Waals surface area contributed by atoms with Crippen molar-refractivity contribution in [1.29, 1.82) is 5.26 Å². The smallest absolute Gasteiger partial charge is 0.154 e. The molecule has 0 N–H and O–H groups in total. The SMILES string of the molecule is CC(=O)C(C#N)(Cc1cccc(Cl)c1)c1ccccc1. The molecule has 0 amide bonds. The highest BCUT2D eigenvalue weighted by molar-refractivity contribution is 6.30. The van der Waals surface area contributed by atoms with Crippen molar-refractivity contribution in [3.8, 4) is 6.07 Å². The lowest BCUT2D eigenvalue weighted by Crippen LogP contribution is -2.35. The second-order valence-electron chi connectivity index (χ2n) is 4.75. The predicted octanol–water partition coefficient (Wildman–Crippen LogP) is 3.93. The van der Waals surface area contributed by atoms with Crippen LogP contribution in [-0.4, -0.2) is 5.78 Å². The van der Waals surface area contributed by atoms with E-state index in [0.29, 0.717) is 11.4 Å². The van der Waals surface area contributed by atoms with Crippen LogP contribution in [0.3, 0.4) is 0 Å². The molecule has 0 spiro atoms. The van der Waals surface area contributed by atoms with E-state index in [1.54, 1.807) is 12.1 Å². The van der Waals surface area contributed by atoms with Gasteiger partial charge in [-0.25, -0.2) is 0 Å². The van der Waals surface area contributed by atoms with Crippen LogP contribution < -0.4 is 0 Å². The zero-order valence-electron chi connectivity index (χ0n) is 11.1. The number of Topliss-reactive ketones (excluding diaryl/α,β-unsaturated/α-hetero) is 1. The van der Waals surface area contributed by atoms with Crippen LogP contribution in [0.15, 0.2) is 54.6 Å². The molecule has 2 aromatic rings. The van der Waals surface area contributed by atoms with Gasteiger partial charge in [-0.2, -0.15) is 5.26 Å². The minimum Gasteiger partial charge on any atom is -0.298 e. The molecule has 2 aromatic carbocycles. The summed E-state index contributed by atoms with van der Waals surface area (Å²) in [7, 11) is 0. The Hall–Kier alpha value is -2.11. The lowest BCUT2D eigenvalue weighted by Gasteiger charge is -2.24. The number of nitrogens with zero attached hydrogens (tertiary/aromatic N) is 1. The maximum absolute atomic E-state index is 12.1. The molecule has 0 saturated carbocycles. The molecule has 0 bridgehead atoms. The highest BCUT2D eigenvalue weighted by Gasteiger charge is 2.37.